The first-order valence-electron chi connectivity index (χ1n) is 8.08. The first-order chi connectivity index (χ1) is 10.8. The summed E-state index contributed by atoms with van der Waals surface area (Å²) in [6.45, 7) is 8.55. The number of aromatic nitrogens is 1. The van der Waals surface area contributed by atoms with Crippen molar-refractivity contribution in [3.05, 3.63) is 30.5 Å². The second-order valence-electron chi connectivity index (χ2n) is 5.89. The van der Waals surface area contributed by atoms with Gasteiger partial charge in [-0.25, -0.2) is 0 Å². The lowest BCUT2D eigenvalue weighted by Gasteiger charge is -2.34. The average molecular weight is 303 g/mol. The predicted molar refractivity (Wildman–Crippen MR) is 88.4 cm³/mol. The quantitative estimate of drug-likeness (QED) is 0.850. The van der Waals surface area contributed by atoms with Crippen LogP contribution in [0.4, 0.5) is 0 Å². The van der Waals surface area contributed by atoms with Crippen molar-refractivity contribution >= 4 is 10.9 Å². The first kappa shape index (κ1) is 15.3. The van der Waals surface area contributed by atoms with E-state index in [-0.39, 0.29) is 0 Å². The summed E-state index contributed by atoms with van der Waals surface area (Å²) in [7, 11) is 0. The van der Waals surface area contributed by atoms with Crippen LogP contribution in [0.5, 0.6) is 5.75 Å². The summed E-state index contributed by atoms with van der Waals surface area (Å²) < 4.78 is 5.82. The number of likely N-dealkylation sites (N-methyl/N-ethyl adjacent to an activating group) is 1. The standard InChI is InChI=1S/C17H25N3O2/c1-2-19-8-10-20(11-9-19)12-14(21)13-22-17-5-3-4-16-15(17)6-7-18-16/h3-7,14,18,21H,2,8-13H2,1H3. The van der Waals surface area contributed by atoms with Crippen LogP contribution in [0.15, 0.2) is 30.5 Å². The number of rotatable bonds is 6. The molecule has 1 fully saturated rings. The van der Waals surface area contributed by atoms with E-state index >= 15 is 0 Å². The lowest BCUT2D eigenvalue weighted by atomic mass is 10.2. The zero-order chi connectivity index (χ0) is 15.4. The molecule has 1 aromatic heterocycles. The van der Waals surface area contributed by atoms with E-state index < -0.39 is 6.10 Å². The number of nitrogens with one attached hydrogen (secondary N) is 1. The van der Waals surface area contributed by atoms with Crippen molar-refractivity contribution in [2.75, 3.05) is 45.9 Å². The Kier molecular flexibility index (Phi) is 4.97. The van der Waals surface area contributed by atoms with Gasteiger partial charge in [-0.15, -0.1) is 0 Å². The summed E-state index contributed by atoms with van der Waals surface area (Å²) in [5.41, 5.74) is 1.06. The Morgan fingerprint density at radius 2 is 1.95 bits per heavy atom. The summed E-state index contributed by atoms with van der Waals surface area (Å²) in [5, 5.41) is 11.3. The second kappa shape index (κ2) is 7.13. The van der Waals surface area contributed by atoms with Gasteiger partial charge in [-0.05, 0) is 24.7 Å². The highest BCUT2D eigenvalue weighted by Crippen LogP contribution is 2.24. The van der Waals surface area contributed by atoms with E-state index in [1.807, 2.05) is 30.5 Å². The van der Waals surface area contributed by atoms with Crippen LogP contribution in [0.3, 0.4) is 0 Å². The van der Waals surface area contributed by atoms with Crippen LogP contribution in [0.25, 0.3) is 10.9 Å². The van der Waals surface area contributed by atoms with Crippen LogP contribution < -0.4 is 4.74 Å². The Hall–Kier alpha value is -1.56. The van der Waals surface area contributed by atoms with Gasteiger partial charge >= 0.3 is 0 Å². The van der Waals surface area contributed by atoms with Crippen LogP contribution in [-0.4, -0.2) is 71.9 Å². The van der Waals surface area contributed by atoms with Gasteiger partial charge in [-0.2, -0.15) is 0 Å². The van der Waals surface area contributed by atoms with E-state index in [0.717, 1.165) is 49.4 Å². The fourth-order valence-electron chi connectivity index (χ4n) is 3.01. The summed E-state index contributed by atoms with van der Waals surface area (Å²) in [5.74, 6) is 0.827. The molecule has 1 unspecified atom stereocenters. The van der Waals surface area contributed by atoms with E-state index in [0.29, 0.717) is 13.2 Å². The Bertz CT molecular complexity index is 590. The average Bonchev–Trinajstić information content (AvgIpc) is 3.03. The zero-order valence-electron chi connectivity index (χ0n) is 13.2. The third-order valence-corrected chi connectivity index (χ3v) is 4.37. The molecule has 1 aliphatic heterocycles. The predicted octanol–water partition coefficient (Wildman–Crippen LogP) is 1.55. The molecule has 5 nitrogen and oxygen atoms in total. The Balaban J connectivity index is 1.48. The third-order valence-electron chi connectivity index (χ3n) is 4.37. The molecule has 0 radical (unpaired) electrons. The smallest absolute Gasteiger partial charge is 0.128 e. The maximum Gasteiger partial charge on any atom is 0.128 e. The minimum absolute atomic E-state index is 0.332. The number of β-amino-alcohol motifs (C(OH)–C–C–N with tert-alkyl or cyclic N) is 1. The van der Waals surface area contributed by atoms with Crippen LogP contribution in [0, 0.1) is 0 Å². The molecule has 3 rings (SSSR count). The fourth-order valence-corrected chi connectivity index (χ4v) is 3.01. The molecule has 1 aliphatic rings. The van der Waals surface area contributed by atoms with E-state index in [9.17, 15) is 5.11 Å². The molecule has 1 aromatic carbocycles. The van der Waals surface area contributed by atoms with Gasteiger partial charge in [0.1, 0.15) is 18.5 Å². The third kappa shape index (κ3) is 3.61. The monoisotopic (exact) mass is 303 g/mol. The normalized spacial score (nSPS) is 18.6. The van der Waals surface area contributed by atoms with Gasteiger partial charge in [0, 0.05) is 49.8 Å². The summed E-state index contributed by atoms with van der Waals surface area (Å²) in [6, 6.07) is 7.93. The molecule has 1 atom stereocenters. The van der Waals surface area contributed by atoms with Gasteiger partial charge in [0.15, 0.2) is 0 Å². The largest absolute Gasteiger partial charge is 0.490 e. The van der Waals surface area contributed by atoms with Crippen molar-refractivity contribution in [2.45, 2.75) is 13.0 Å². The molecule has 1 saturated heterocycles. The van der Waals surface area contributed by atoms with E-state index in [1.54, 1.807) is 0 Å². The van der Waals surface area contributed by atoms with Crippen molar-refractivity contribution in [1.82, 2.24) is 14.8 Å². The van der Waals surface area contributed by atoms with E-state index in [4.69, 9.17) is 4.74 Å². The molecule has 2 heterocycles. The number of aliphatic hydroxyl groups excluding tert-OH is 1. The van der Waals surface area contributed by atoms with Gasteiger partial charge in [0.25, 0.3) is 0 Å². The van der Waals surface area contributed by atoms with Crippen LogP contribution in [0.1, 0.15) is 6.92 Å². The summed E-state index contributed by atoms with van der Waals surface area (Å²) >= 11 is 0. The van der Waals surface area contributed by atoms with Crippen LogP contribution in [0.2, 0.25) is 0 Å². The highest BCUT2D eigenvalue weighted by Gasteiger charge is 2.18. The number of hydrogen-bond donors (Lipinski definition) is 2. The molecule has 120 valence electrons. The SMILES string of the molecule is CCN1CCN(CC(O)COc2cccc3[nH]ccc23)CC1. The number of hydrogen-bond acceptors (Lipinski definition) is 4. The van der Waals surface area contributed by atoms with Gasteiger partial charge in [0.05, 0.1) is 0 Å². The number of H-pyrrole nitrogens is 1. The van der Waals surface area contributed by atoms with Crippen molar-refractivity contribution in [2.24, 2.45) is 0 Å². The van der Waals surface area contributed by atoms with Crippen molar-refractivity contribution in [3.8, 4) is 5.75 Å². The Labute approximate surface area is 131 Å². The summed E-state index contributed by atoms with van der Waals surface area (Å²) in [4.78, 5) is 7.92. The molecule has 0 aliphatic carbocycles. The molecule has 0 saturated carbocycles. The highest BCUT2D eigenvalue weighted by molar-refractivity contribution is 5.85. The van der Waals surface area contributed by atoms with Crippen molar-refractivity contribution in [1.29, 1.82) is 0 Å². The molecule has 2 N–H and O–H groups in total. The molecular weight excluding hydrogens is 278 g/mol. The fraction of sp³-hybridized carbons (Fsp3) is 0.529. The van der Waals surface area contributed by atoms with Gasteiger partial charge in [0.2, 0.25) is 0 Å². The minimum Gasteiger partial charge on any atom is -0.490 e. The molecule has 0 spiro atoms. The van der Waals surface area contributed by atoms with E-state index in [1.165, 1.54) is 0 Å². The number of piperazine rings is 1. The van der Waals surface area contributed by atoms with Crippen molar-refractivity contribution in [3.63, 3.8) is 0 Å². The van der Waals surface area contributed by atoms with Gasteiger partial charge < -0.3 is 19.7 Å². The molecule has 5 heteroatoms. The van der Waals surface area contributed by atoms with E-state index in [2.05, 4.69) is 21.7 Å². The summed E-state index contributed by atoms with van der Waals surface area (Å²) in [6.07, 6.45) is 1.45. The number of benzene rings is 1. The number of aromatic amines is 1. The number of nitrogens with zero attached hydrogens (tertiary/aromatic N) is 2. The number of ether oxygens (including phenoxy) is 1. The number of aliphatic hydroxyl groups is 1. The highest BCUT2D eigenvalue weighted by atomic mass is 16.5. The van der Waals surface area contributed by atoms with Crippen molar-refractivity contribution < 1.29 is 9.84 Å². The molecule has 2 aromatic rings. The van der Waals surface area contributed by atoms with Gasteiger partial charge in [-0.3, -0.25) is 4.90 Å². The topological polar surface area (TPSA) is 51.7 Å². The first-order valence-corrected chi connectivity index (χ1v) is 8.08. The lowest BCUT2D eigenvalue weighted by Crippen LogP contribution is -2.49. The Morgan fingerprint density at radius 3 is 2.73 bits per heavy atom. The van der Waals surface area contributed by atoms with Gasteiger partial charge in [-0.1, -0.05) is 13.0 Å². The molecule has 0 bridgehead atoms. The molecule has 0 amide bonds. The second-order valence-corrected chi connectivity index (χ2v) is 5.89. The molecule has 22 heavy (non-hydrogen) atoms. The zero-order valence-corrected chi connectivity index (χ0v) is 13.2. The maximum atomic E-state index is 10.2. The van der Waals surface area contributed by atoms with Crippen LogP contribution >= 0.6 is 0 Å². The van der Waals surface area contributed by atoms with Crippen LogP contribution in [-0.2, 0) is 0 Å². The minimum atomic E-state index is -0.456. The lowest BCUT2D eigenvalue weighted by molar-refractivity contribution is 0.0474. The Morgan fingerprint density at radius 1 is 1.18 bits per heavy atom. The number of fused-ring (bicyclic) bond motifs is 1. The molecular formula is C17H25N3O2. The maximum absolute atomic E-state index is 10.2.